The average Bonchev–Trinajstić information content (AvgIpc) is 2.40. The summed E-state index contributed by atoms with van der Waals surface area (Å²) in [4.78, 5) is 4.14. The molecule has 2 rings (SSSR count). The fourth-order valence-electron chi connectivity index (χ4n) is 3.02. The van der Waals surface area contributed by atoms with Gasteiger partial charge < -0.3 is 10.8 Å². The van der Waals surface area contributed by atoms with Crippen molar-refractivity contribution in [1.82, 2.24) is 4.98 Å². The van der Waals surface area contributed by atoms with Crippen molar-refractivity contribution in [2.24, 2.45) is 17.1 Å². The molecule has 3 nitrogen and oxygen atoms in total. The molecule has 3 heteroatoms. The van der Waals surface area contributed by atoms with E-state index >= 15 is 0 Å². The molecular formula is C15H24N2O. The molecule has 0 saturated heterocycles. The molecule has 0 radical (unpaired) electrons. The summed E-state index contributed by atoms with van der Waals surface area (Å²) in [6.45, 7) is 4.85. The van der Waals surface area contributed by atoms with Gasteiger partial charge in [-0.25, -0.2) is 0 Å². The highest BCUT2D eigenvalue weighted by Gasteiger charge is 2.40. The normalized spacial score (nSPS) is 30.1. The van der Waals surface area contributed by atoms with Crippen molar-refractivity contribution in [1.29, 1.82) is 0 Å². The van der Waals surface area contributed by atoms with Crippen LogP contribution in [0.25, 0.3) is 0 Å². The lowest BCUT2D eigenvalue weighted by Crippen LogP contribution is -2.40. The molecule has 1 aliphatic rings. The lowest BCUT2D eigenvalue weighted by Gasteiger charge is -2.42. The predicted octanol–water partition coefficient (Wildman–Crippen LogP) is 2.58. The van der Waals surface area contributed by atoms with E-state index in [9.17, 15) is 5.11 Å². The maximum Gasteiger partial charge on any atom is 0.0875 e. The van der Waals surface area contributed by atoms with Gasteiger partial charge in [-0.1, -0.05) is 19.8 Å². The van der Waals surface area contributed by atoms with Gasteiger partial charge in [0.25, 0.3) is 0 Å². The van der Waals surface area contributed by atoms with Crippen molar-refractivity contribution >= 4 is 0 Å². The third kappa shape index (κ3) is 2.43. The topological polar surface area (TPSA) is 59.1 Å². The maximum absolute atomic E-state index is 10.7. The van der Waals surface area contributed by atoms with Crippen LogP contribution < -0.4 is 5.73 Å². The molecule has 1 unspecified atom stereocenters. The summed E-state index contributed by atoms with van der Waals surface area (Å²) in [6, 6.07) is 1.95. The molecule has 1 fully saturated rings. The molecule has 1 heterocycles. The molecule has 1 saturated carbocycles. The van der Waals surface area contributed by atoms with E-state index in [0.717, 1.165) is 42.7 Å². The third-order valence-electron chi connectivity index (χ3n) is 4.63. The average molecular weight is 248 g/mol. The number of hydrogen-bond donors (Lipinski definition) is 2. The van der Waals surface area contributed by atoms with Gasteiger partial charge in [0, 0.05) is 29.9 Å². The van der Waals surface area contributed by atoms with Crippen LogP contribution in [0.3, 0.4) is 0 Å². The zero-order valence-electron chi connectivity index (χ0n) is 11.4. The van der Waals surface area contributed by atoms with Crippen LogP contribution in [0.5, 0.6) is 0 Å². The molecule has 0 aromatic carbocycles. The lowest BCUT2D eigenvalue weighted by molar-refractivity contribution is -0.00875. The molecule has 18 heavy (non-hydrogen) atoms. The number of aliphatic hydroxyl groups is 1. The SMILES string of the molecule is Cc1ccncc1C(O)C1(CN)CCC(C)CC1. The first-order chi connectivity index (χ1) is 8.59. The van der Waals surface area contributed by atoms with E-state index in [2.05, 4.69) is 11.9 Å². The smallest absolute Gasteiger partial charge is 0.0875 e. The molecule has 1 aromatic rings. The highest BCUT2D eigenvalue weighted by atomic mass is 16.3. The van der Waals surface area contributed by atoms with Crippen molar-refractivity contribution in [3.63, 3.8) is 0 Å². The second-order valence-corrected chi connectivity index (χ2v) is 5.88. The second-order valence-electron chi connectivity index (χ2n) is 5.88. The molecule has 0 amide bonds. The summed E-state index contributed by atoms with van der Waals surface area (Å²) in [5, 5.41) is 10.7. The van der Waals surface area contributed by atoms with Crippen LogP contribution in [-0.4, -0.2) is 16.6 Å². The Morgan fingerprint density at radius 2 is 2.17 bits per heavy atom. The van der Waals surface area contributed by atoms with Crippen molar-refractivity contribution < 1.29 is 5.11 Å². The fourth-order valence-corrected chi connectivity index (χ4v) is 3.02. The Morgan fingerprint density at radius 1 is 1.50 bits per heavy atom. The standard InChI is InChI=1S/C15H24N2O/c1-11-3-6-15(10-16,7-4-11)14(18)13-9-17-8-5-12(13)2/h5,8-9,11,14,18H,3-4,6-7,10,16H2,1-2H3. The highest BCUT2D eigenvalue weighted by Crippen LogP contribution is 2.47. The van der Waals surface area contributed by atoms with Gasteiger partial charge in [0.15, 0.2) is 0 Å². The fraction of sp³-hybridized carbons (Fsp3) is 0.667. The number of aromatic nitrogens is 1. The minimum absolute atomic E-state index is 0.152. The minimum atomic E-state index is -0.483. The molecule has 0 spiro atoms. The Bertz CT molecular complexity index is 397. The van der Waals surface area contributed by atoms with Gasteiger partial charge in [0.2, 0.25) is 0 Å². The summed E-state index contributed by atoms with van der Waals surface area (Å²) in [5.41, 5.74) is 7.88. The highest BCUT2D eigenvalue weighted by molar-refractivity contribution is 5.26. The zero-order chi connectivity index (χ0) is 13.2. The first-order valence-electron chi connectivity index (χ1n) is 6.88. The van der Waals surface area contributed by atoms with Gasteiger partial charge in [0.05, 0.1) is 6.10 Å². The van der Waals surface area contributed by atoms with E-state index < -0.39 is 6.10 Å². The molecule has 1 atom stereocenters. The number of nitrogens with zero attached hydrogens (tertiary/aromatic N) is 1. The largest absolute Gasteiger partial charge is 0.388 e. The van der Waals surface area contributed by atoms with Crippen LogP contribution in [0.4, 0.5) is 0 Å². The number of hydrogen-bond acceptors (Lipinski definition) is 3. The molecule has 3 N–H and O–H groups in total. The summed E-state index contributed by atoms with van der Waals surface area (Å²) in [5.74, 6) is 0.756. The van der Waals surface area contributed by atoms with Crippen LogP contribution in [0, 0.1) is 18.3 Å². The Kier molecular flexibility index (Phi) is 4.03. The van der Waals surface area contributed by atoms with E-state index in [1.807, 2.05) is 13.0 Å². The first kappa shape index (κ1) is 13.5. The van der Waals surface area contributed by atoms with E-state index in [0.29, 0.717) is 6.54 Å². The predicted molar refractivity (Wildman–Crippen MR) is 73.1 cm³/mol. The molecule has 0 bridgehead atoms. The van der Waals surface area contributed by atoms with Gasteiger partial charge >= 0.3 is 0 Å². The first-order valence-corrected chi connectivity index (χ1v) is 6.88. The van der Waals surface area contributed by atoms with Gasteiger partial charge in [-0.05, 0) is 37.3 Å². The Labute approximate surface area is 109 Å². The van der Waals surface area contributed by atoms with Crippen LogP contribution in [0.2, 0.25) is 0 Å². The van der Waals surface area contributed by atoms with Gasteiger partial charge in [-0.15, -0.1) is 0 Å². The summed E-state index contributed by atoms with van der Waals surface area (Å²) < 4.78 is 0. The lowest BCUT2D eigenvalue weighted by atomic mass is 9.66. The van der Waals surface area contributed by atoms with Gasteiger partial charge in [-0.2, -0.15) is 0 Å². The van der Waals surface area contributed by atoms with E-state index in [-0.39, 0.29) is 5.41 Å². The van der Waals surface area contributed by atoms with Gasteiger partial charge in [-0.3, -0.25) is 4.98 Å². The van der Waals surface area contributed by atoms with Crippen molar-refractivity contribution in [3.05, 3.63) is 29.6 Å². The summed E-state index contributed by atoms with van der Waals surface area (Å²) >= 11 is 0. The molecule has 1 aromatic heterocycles. The number of aliphatic hydroxyl groups excluding tert-OH is 1. The zero-order valence-corrected chi connectivity index (χ0v) is 11.4. The van der Waals surface area contributed by atoms with Crippen molar-refractivity contribution in [2.75, 3.05) is 6.54 Å². The summed E-state index contributed by atoms with van der Waals surface area (Å²) in [7, 11) is 0. The number of pyridine rings is 1. The minimum Gasteiger partial charge on any atom is -0.388 e. The van der Waals surface area contributed by atoms with E-state index in [1.54, 1.807) is 12.4 Å². The van der Waals surface area contributed by atoms with Crippen LogP contribution in [0.15, 0.2) is 18.5 Å². The van der Waals surface area contributed by atoms with Crippen molar-refractivity contribution in [3.8, 4) is 0 Å². The number of rotatable bonds is 3. The van der Waals surface area contributed by atoms with Crippen LogP contribution >= 0.6 is 0 Å². The molecule has 0 aliphatic heterocycles. The number of nitrogens with two attached hydrogens (primary N) is 1. The van der Waals surface area contributed by atoms with E-state index in [4.69, 9.17) is 5.73 Å². The Morgan fingerprint density at radius 3 is 2.72 bits per heavy atom. The van der Waals surface area contributed by atoms with Crippen LogP contribution in [0.1, 0.15) is 49.8 Å². The quantitative estimate of drug-likeness (QED) is 0.864. The second kappa shape index (κ2) is 5.37. The Hall–Kier alpha value is -0.930. The monoisotopic (exact) mass is 248 g/mol. The number of aryl methyl sites for hydroxylation is 1. The van der Waals surface area contributed by atoms with E-state index in [1.165, 1.54) is 0 Å². The molecule has 1 aliphatic carbocycles. The molecular weight excluding hydrogens is 224 g/mol. The Balaban J connectivity index is 2.25. The molecule has 100 valence electrons. The summed E-state index contributed by atoms with van der Waals surface area (Å²) in [6.07, 6.45) is 7.42. The third-order valence-corrected chi connectivity index (χ3v) is 4.63. The van der Waals surface area contributed by atoms with Gasteiger partial charge in [0.1, 0.15) is 0 Å². The maximum atomic E-state index is 10.7. The van der Waals surface area contributed by atoms with Crippen LogP contribution in [-0.2, 0) is 0 Å². The van der Waals surface area contributed by atoms with Crippen molar-refractivity contribution in [2.45, 2.75) is 45.6 Å².